The summed E-state index contributed by atoms with van der Waals surface area (Å²) in [5.74, 6) is 0.158. The summed E-state index contributed by atoms with van der Waals surface area (Å²) in [6.07, 6.45) is 6.58. The van der Waals surface area contributed by atoms with Gasteiger partial charge >= 0.3 is 0 Å². The number of aliphatic hydroxyl groups is 1. The zero-order chi connectivity index (χ0) is 17.4. The van der Waals surface area contributed by atoms with E-state index >= 15 is 0 Å². The highest BCUT2D eigenvalue weighted by molar-refractivity contribution is 5.76. The number of nitrogens with zero attached hydrogens (tertiary/aromatic N) is 4. The van der Waals surface area contributed by atoms with Gasteiger partial charge < -0.3 is 10.0 Å². The summed E-state index contributed by atoms with van der Waals surface area (Å²) in [4.78, 5) is 14.6. The molecule has 7 heteroatoms. The summed E-state index contributed by atoms with van der Waals surface area (Å²) >= 11 is 0. The molecule has 0 aromatic carbocycles. The van der Waals surface area contributed by atoms with Gasteiger partial charge in [0, 0.05) is 56.4 Å². The first-order chi connectivity index (χ1) is 12.2. The van der Waals surface area contributed by atoms with Crippen molar-refractivity contribution in [1.29, 1.82) is 0 Å². The fourth-order valence-corrected chi connectivity index (χ4v) is 4.15. The summed E-state index contributed by atoms with van der Waals surface area (Å²) < 4.78 is 1.83. The quantitative estimate of drug-likeness (QED) is 0.868. The Morgan fingerprint density at radius 1 is 1.20 bits per heavy atom. The number of aromatic nitrogens is 4. The lowest BCUT2D eigenvalue weighted by Crippen LogP contribution is -2.36. The lowest BCUT2D eigenvalue weighted by Gasteiger charge is -2.27. The van der Waals surface area contributed by atoms with Crippen LogP contribution < -0.4 is 0 Å². The van der Waals surface area contributed by atoms with Gasteiger partial charge in [-0.05, 0) is 31.2 Å². The first kappa shape index (κ1) is 16.3. The highest BCUT2D eigenvalue weighted by Gasteiger charge is 2.26. The van der Waals surface area contributed by atoms with Crippen LogP contribution in [0.15, 0.2) is 0 Å². The van der Waals surface area contributed by atoms with E-state index in [0.29, 0.717) is 25.1 Å². The van der Waals surface area contributed by atoms with Crippen LogP contribution in [0.25, 0.3) is 0 Å². The third kappa shape index (κ3) is 2.97. The summed E-state index contributed by atoms with van der Waals surface area (Å²) in [5, 5.41) is 21.4. The lowest BCUT2D eigenvalue weighted by molar-refractivity contribution is -0.132. The van der Waals surface area contributed by atoms with Gasteiger partial charge in [-0.25, -0.2) is 0 Å². The average Bonchev–Trinajstić information content (AvgIpc) is 3.20. The van der Waals surface area contributed by atoms with Crippen molar-refractivity contribution in [1.82, 2.24) is 24.9 Å². The number of rotatable bonds is 4. The minimum absolute atomic E-state index is 0.0788. The van der Waals surface area contributed by atoms with Crippen molar-refractivity contribution in [3.63, 3.8) is 0 Å². The SMILES string of the molecule is Cn1nc(CO)c2c1CCN(C(=O)CCc1n[nH]c3c1CCCC3)C2. The number of aromatic amines is 1. The molecule has 0 bridgehead atoms. The molecule has 0 saturated heterocycles. The normalized spacial score (nSPS) is 16.6. The molecule has 1 aliphatic heterocycles. The van der Waals surface area contributed by atoms with E-state index in [9.17, 15) is 9.90 Å². The van der Waals surface area contributed by atoms with E-state index in [0.717, 1.165) is 42.8 Å². The van der Waals surface area contributed by atoms with Gasteiger partial charge in [0.1, 0.15) is 0 Å². The van der Waals surface area contributed by atoms with Crippen LogP contribution in [0.4, 0.5) is 0 Å². The molecule has 7 nitrogen and oxygen atoms in total. The molecule has 2 aromatic rings. The molecular weight excluding hydrogens is 318 g/mol. The van der Waals surface area contributed by atoms with Crippen molar-refractivity contribution in [3.05, 3.63) is 33.9 Å². The molecule has 2 aromatic heterocycles. The van der Waals surface area contributed by atoms with Crippen LogP contribution >= 0.6 is 0 Å². The lowest BCUT2D eigenvalue weighted by atomic mass is 9.94. The van der Waals surface area contributed by atoms with Crippen LogP contribution in [0.3, 0.4) is 0 Å². The van der Waals surface area contributed by atoms with E-state index < -0.39 is 0 Å². The first-order valence-corrected chi connectivity index (χ1v) is 9.14. The third-order valence-electron chi connectivity index (χ3n) is 5.55. The van der Waals surface area contributed by atoms with E-state index in [2.05, 4.69) is 15.3 Å². The molecule has 2 aliphatic rings. The van der Waals surface area contributed by atoms with Gasteiger partial charge in [-0.15, -0.1) is 0 Å². The number of nitrogens with one attached hydrogen (secondary N) is 1. The van der Waals surface area contributed by atoms with Gasteiger partial charge in [0.15, 0.2) is 0 Å². The van der Waals surface area contributed by atoms with Crippen molar-refractivity contribution in [2.45, 2.75) is 58.1 Å². The fraction of sp³-hybridized carbons (Fsp3) is 0.611. The fourth-order valence-electron chi connectivity index (χ4n) is 4.15. The number of hydrogen-bond acceptors (Lipinski definition) is 4. The maximum atomic E-state index is 12.7. The summed E-state index contributed by atoms with van der Waals surface area (Å²) in [6.45, 7) is 1.19. The van der Waals surface area contributed by atoms with Crippen LogP contribution in [-0.4, -0.2) is 42.4 Å². The number of hydrogen-bond donors (Lipinski definition) is 2. The van der Waals surface area contributed by atoms with Crippen LogP contribution in [0.2, 0.25) is 0 Å². The number of carbonyl (C=O) groups excluding carboxylic acids is 1. The Morgan fingerprint density at radius 3 is 2.88 bits per heavy atom. The molecule has 2 N–H and O–H groups in total. The van der Waals surface area contributed by atoms with E-state index in [1.54, 1.807) is 0 Å². The van der Waals surface area contributed by atoms with Crippen molar-refractivity contribution in [2.75, 3.05) is 6.54 Å². The number of carbonyl (C=O) groups is 1. The van der Waals surface area contributed by atoms with Crippen LogP contribution in [0, 0.1) is 0 Å². The van der Waals surface area contributed by atoms with Crippen molar-refractivity contribution < 1.29 is 9.90 Å². The molecule has 1 amide bonds. The summed E-state index contributed by atoms with van der Waals surface area (Å²) in [5.41, 5.74) is 6.51. The zero-order valence-corrected chi connectivity index (χ0v) is 14.7. The number of aliphatic hydroxyl groups excluding tert-OH is 1. The van der Waals surface area contributed by atoms with E-state index in [1.807, 2.05) is 16.6 Å². The number of fused-ring (bicyclic) bond motifs is 2. The molecule has 0 unspecified atom stereocenters. The van der Waals surface area contributed by atoms with Gasteiger partial charge in [-0.3, -0.25) is 14.6 Å². The van der Waals surface area contributed by atoms with E-state index in [-0.39, 0.29) is 12.5 Å². The maximum absolute atomic E-state index is 12.7. The molecule has 4 rings (SSSR count). The zero-order valence-electron chi connectivity index (χ0n) is 14.7. The van der Waals surface area contributed by atoms with Crippen LogP contribution in [0.1, 0.15) is 53.2 Å². The average molecular weight is 343 g/mol. The summed E-state index contributed by atoms with van der Waals surface area (Å²) in [6, 6.07) is 0. The third-order valence-corrected chi connectivity index (χ3v) is 5.55. The molecule has 134 valence electrons. The van der Waals surface area contributed by atoms with Gasteiger partial charge in [0.25, 0.3) is 0 Å². The van der Waals surface area contributed by atoms with E-state index in [1.165, 1.54) is 24.1 Å². The van der Waals surface area contributed by atoms with Gasteiger partial charge in [0.05, 0.1) is 18.0 Å². The maximum Gasteiger partial charge on any atom is 0.223 e. The Hall–Kier alpha value is -2.15. The van der Waals surface area contributed by atoms with Crippen molar-refractivity contribution in [2.24, 2.45) is 7.05 Å². The molecule has 0 radical (unpaired) electrons. The summed E-state index contributed by atoms with van der Waals surface area (Å²) in [7, 11) is 1.90. The second-order valence-corrected chi connectivity index (χ2v) is 7.05. The molecule has 0 fully saturated rings. The molecule has 3 heterocycles. The van der Waals surface area contributed by atoms with Crippen LogP contribution in [-0.2, 0) is 50.7 Å². The number of H-pyrrole nitrogens is 1. The Morgan fingerprint density at radius 2 is 2.04 bits per heavy atom. The Kier molecular flexibility index (Phi) is 4.33. The van der Waals surface area contributed by atoms with Gasteiger partial charge in [-0.2, -0.15) is 10.2 Å². The largest absolute Gasteiger partial charge is 0.390 e. The predicted octanol–water partition coefficient (Wildman–Crippen LogP) is 1.03. The molecule has 1 aliphatic carbocycles. The minimum atomic E-state index is -0.0788. The molecule has 0 saturated carbocycles. The van der Waals surface area contributed by atoms with Gasteiger partial charge in [-0.1, -0.05) is 0 Å². The Balaban J connectivity index is 1.41. The van der Waals surface area contributed by atoms with E-state index in [4.69, 9.17) is 0 Å². The monoisotopic (exact) mass is 343 g/mol. The Labute approximate surface area is 147 Å². The first-order valence-electron chi connectivity index (χ1n) is 9.14. The highest BCUT2D eigenvalue weighted by atomic mass is 16.3. The highest BCUT2D eigenvalue weighted by Crippen LogP contribution is 2.25. The topological polar surface area (TPSA) is 87.0 Å². The standard InChI is InChI=1S/C18H25N5O2/c1-22-17-8-9-23(10-13(17)16(11-24)21-22)18(25)7-6-15-12-4-2-3-5-14(12)19-20-15/h24H,2-11H2,1H3,(H,19,20). The number of aryl methyl sites for hydroxylation is 3. The molecular formula is C18H25N5O2. The Bertz CT molecular complexity index is 792. The van der Waals surface area contributed by atoms with Crippen molar-refractivity contribution >= 4 is 5.91 Å². The molecule has 25 heavy (non-hydrogen) atoms. The predicted molar refractivity (Wildman–Crippen MR) is 91.8 cm³/mol. The molecule has 0 atom stereocenters. The second-order valence-electron chi connectivity index (χ2n) is 7.05. The smallest absolute Gasteiger partial charge is 0.223 e. The second kappa shape index (κ2) is 6.63. The minimum Gasteiger partial charge on any atom is -0.390 e. The number of amides is 1. The van der Waals surface area contributed by atoms with Crippen LogP contribution in [0.5, 0.6) is 0 Å². The van der Waals surface area contributed by atoms with Gasteiger partial charge in [0.2, 0.25) is 5.91 Å². The molecule has 0 spiro atoms. The van der Waals surface area contributed by atoms with Crippen molar-refractivity contribution in [3.8, 4) is 0 Å².